The van der Waals surface area contributed by atoms with Gasteiger partial charge < -0.3 is 19.5 Å². The quantitative estimate of drug-likeness (QED) is 0.524. The van der Waals surface area contributed by atoms with Gasteiger partial charge in [-0.2, -0.15) is 0 Å². The summed E-state index contributed by atoms with van der Waals surface area (Å²) in [7, 11) is 1.88. The van der Waals surface area contributed by atoms with E-state index in [0.29, 0.717) is 11.2 Å². The lowest BCUT2D eigenvalue weighted by atomic mass is 10.2. The Balaban J connectivity index is 1.46. The smallest absolute Gasteiger partial charge is 0.257 e. The van der Waals surface area contributed by atoms with Crippen LogP contribution < -0.4 is 10.2 Å². The lowest BCUT2D eigenvalue weighted by molar-refractivity contribution is 0.102. The summed E-state index contributed by atoms with van der Waals surface area (Å²) in [5, 5.41) is 3.34. The molecule has 1 saturated heterocycles. The van der Waals surface area contributed by atoms with Gasteiger partial charge in [0.15, 0.2) is 0 Å². The van der Waals surface area contributed by atoms with E-state index in [4.69, 9.17) is 11.0 Å². The minimum Gasteiger partial charge on any atom is -0.378 e. The number of amides is 1. The van der Waals surface area contributed by atoms with Crippen molar-refractivity contribution in [3.63, 3.8) is 0 Å². The van der Waals surface area contributed by atoms with E-state index < -0.39 is 37.8 Å². The van der Waals surface area contributed by atoms with Crippen LogP contribution in [0.3, 0.4) is 0 Å². The van der Waals surface area contributed by atoms with Crippen LogP contribution in [0.25, 0.3) is 22.3 Å². The fourth-order valence-corrected chi connectivity index (χ4v) is 3.14. The molecule has 1 aliphatic heterocycles. The van der Waals surface area contributed by atoms with Crippen LogP contribution in [0.5, 0.6) is 0 Å². The van der Waals surface area contributed by atoms with Crippen LogP contribution in [-0.4, -0.2) is 56.5 Å². The second kappa shape index (κ2) is 8.35. The molecule has 32 heavy (non-hydrogen) atoms. The normalized spacial score (nSPS) is 24.0. The first kappa shape index (κ1) is 12.9. The molecule has 162 valence electrons. The number of carbonyl (C=O) groups excluding carboxylic acids is 1. The van der Waals surface area contributed by atoms with Gasteiger partial charge in [0.05, 0.1) is 47.2 Å². The molecule has 1 amide bonds. The van der Waals surface area contributed by atoms with Crippen LogP contribution >= 0.6 is 0 Å². The number of imidazole rings is 1. The number of nitrogens with one attached hydrogen (secondary N) is 1. The maximum absolute atomic E-state index is 13.1. The lowest BCUT2D eigenvalue weighted by Crippen LogP contribution is -2.36. The maximum Gasteiger partial charge on any atom is 0.257 e. The van der Waals surface area contributed by atoms with Gasteiger partial charge in [-0.15, -0.1) is 0 Å². The number of aromatic nitrogens is 5. The van der Waals surface area contributed by atoms with Crippen molar-refractivity contribution in [1.29, 1.82) is 0 Å². The second-order valence-electron chi connectivity index (χ2n) is 6.93. The molecule has 9 nitrogen and oxygen atoms in total. The van der Waals surface area contributed by atoms with Crippen LogP contribution in [-0.2, 0) is 11.8 Å². The third-order valence-corrected chi connectivity index (χ3v) is 4.95. The Morgan fingerprint density at radius 3 is 2.75 bits per heavy atom. The first-order valence-electron chi connectivity index (χ1n) is 13.6. The van der Waals surface area contributed by atoms with Crippen molar-refractivity contribution in [2.75, 3.05) is 36.3 Å². The summed E-state index contributed by atoms with van der Waals surface area (Å²) in [5.41, 5.74) is 1.95. The number of rotatable bonds is 4. The molecule has 9 heteroatoms. The molecule has 1 aliphatic rings. The number of nitrogens with zero attached hydrogens (tertiary/aromatic N) is 6. The first-order chi connectivity index (χ1) is 18.5. The van der Waals surface area contributed by atoms with E-state index in [1.807, 2.05) is 30.7 Å². The van der Waals surface area contributed by atoms with Gasteiger partial charge in [0.2, 0.25) is 0 Å². The second-order valence-corrected chi connectivity index (χ2v) is 6.93. The highest BCUT2D eigenvalue weighted by atomic mass is 16.5. The van der Waals surface area contributed by atoms with Gasteiger partial charge in [-0.25, -0.2) is 19.9 Å². The zero-order valence-electron chi connectivity index (χ0n) is 25.1. The van der Waals surface area contributed by atoms with Crippen molar-refractivity contribution in [3.05, 3.63) is 60.3 Å². The minimum absolute atomic E-state index is 0.0850. The Morgan fingerprint density at radius 2 is 1.97 bits per heavy atom. The fraction of sp³-hybridized carbons (Fsp3) is 0.261. The van der Waals surface area contributed by atoms with Crippen LogP contribution in [0, 0.1) is 6.92 Å². The largest absolute Gasteiger partial charge is 0.378 e. The van der Waals surface area contributed by atoms with E-state index in [9.17, 15) is 4.79 Å². The van der Waals surface area contributed by atoms with E-state index in [1.165, 1.54) is 12.3 Å². The van der Waals surface area contributed by atoms with Crippen molar-refractivity contribution in [1.82, 2.24) is 24.5 Å². The SMILES string of the molecule is [2H]C1([2H])OC([2H])([2H])C([2H])([2H])N(c2cc(C(=O)Nc3cc4nc(-c5cnc(C)n5C)ccc4cn3)ccn2)C1([2H])[2H]. The number of morpholine rings is 1. The summed E-state index contributed by atoms with van der Waals surface area (Å²) in [5.74, 6) is -0.231. The van der Waals surface area contributed by atoms with Crippen LogP contribution in [0.2, 0.25) is 0 Å². The summed E-state index contributed by atoms with van der Waals surface area (Å²) in [6.45, 7) is -11.0. The Bertz CT molecular complexity index is 1620. The summed E-state index contributed by atoms with van der Waals surface area (Å²) in [6, 6.07) is 7.57. The topological polar surface area (TPSA) is 98.1 Å². The van der Waals surface area contributed by atoms with Gasteiger partial charge in [0, 0.05) is 49.5 Å². The number of hydrogen-bond donors (Lipinski definition) is 1. The van der Waals surface area contributed by atoms with Crippen molar-refractivity contribution >= 4 is 28.4 Å². The highest BCUT2D eigenvalue weighted by Crippen LogP contribution is 2.23. The number of fused-ring (bicyclic) bond motifs is 1. The van der Waals surface area contributed by atoms with Crippen molar-refractivity contribution in [2.24, 2.45) is 7.05 Å². The number of carbonyl (C=O) groups is 1. The number of hydrogen-bond acceptors (Lipinski definition) is 7. The van der Waals surface area contributed by atoms with Gasteiger partial charge in [0.1, 0.15) is 17.5 Å². The van der Waals surface area contributed by atoms with Gasteiger partial charge >= 0.3 is 0 Å². The average Bonchev–Trinajstić information content (AvgIpc) is 3.20. The molecule has 0 aliphatic carbocycles. The number of pyridine rings is 3. The molecule has 0 saturated carbocycles. The van der Waals surface area contributed by atoms with E-state index in [0.717, 1.165) is 29.2 Å². The maximum atomic E-state index is 13.1. The van der Waals surface area contributed by atoms with Crippen LogP contribution in [0.15, 0.2) is 48.9 Å². The first-order valence-corrected chi connectivity index (χ1v) is 9.58. The molecule has 0 aromatic carbocycles. The van der Waals surface area contributed by atoms with Gasteiger partial charge in [-0.1, -0.05) is 0 Å². The summed E-state index contributed by atoms with van der Waals surface area (Å²) in [6.07, 6.45) is 4.36. The third kappa shape index (κ3) is 3.90. The van der Waals surface area contributed by atoms with E-state index in [1.54, 1.807) is 12.3 Å². The highest BCUT2D eigenvalue weighted by Gasteiger charge is 2.15. The van der Waals surface area contributed by atoms with Crippen molar-refractivity contribution < 1.29 is 20.5 Å². The van der Waals surface area contributed by atoms with E-state index in [2.05, 4.69) is 30.0 Å². The zero-order valence-corrected chi connectivity index (χ0v) is 17.1. The third-order valence-electron chi connectivity index (χ3n) is 4.95. The molecule has 0 bridgehead atoms. The Hall–Kier alpha value is -3.85. The van der Waals surface area contributed by atoms with Gasteiger partial charge in [-0.05, 0) is 31.2 Å². The predicted octanol–water partition coefficient (Wildman–Crippen LogP) is 2.82. The highest BCUT2D eigenvalue weighted by molar-refractivity contribution is 6.04. The van der Waals surface area contributed by atoms with Crippen molar-refractivity contribution in [2.45, 2.75) is 6.92 Å². The molecule has 0 radical (unpaired) electrons. The molecule has 0 spiro atoms. The summed E-state index contributed by atoms with van der Waals surface area (Å²) in [4.78, 5) is 30.4. The average molecular weight is 438 g/mol. The van der Waals surface area contributed by atoms with Gasteiger partial charge in [-0.3, -0.25) is 4.79 Å². The Morgan fingerprint density at radius 1 is 1.12 bits per heavy atom. The molecule has 1 N–H and O–H groups in total. The molecule has 5 heterocycles. The van der Waals surface area contributed by atoms with Gasteiger partial charge in [0.25, 0.3) is 5.91 Å². The Labute approximate surface area is 196 Å². The minimum atomic E-state index is -3.25. The van der Waals surface area contributed by atoms with Crippen molar-refractivity contribution in [3.8, 4) is 11.4 Å². The summed E-state index contributed by atoms with van der Waals surface area (Å²) >= 11 is 0. The van der Waals surface area contributed by atoms with E-state index >= 15 is 0 Å². The number of ether oxygens (including phenoxy) is 1. The number of anilines is 2. The molecule has 1 fully saturated rings. The predicted molar refractivity (Wildman–Crippen MR) is 122 cm³/mol. The lowest BCUT2D eigenvalue weighted by Gasteiger charge is -2.27. The zero-order chi connectivity index (χ0) is 29.3. The molecule has 4 aromatic heterocycles. The molecule has 0 unspecified atom stereocenters. The van der Waals surface area contributed by atoms with Crippen LogP contribution in [0.4, 0.5) is 11.6 Å². The molecular formula is C23H23N7O2. The Kier molecular flexibility index (Phi) is 3.36. The molecule has 5 rings (SSSR count). The monoisotopic (exact) mass is 437 g/mol. The molecule has 0 atom stereocenters. The number of aryl methyl sites for hydroxylation is 1. The standard InChI is InChI=1S/C23H23N7O2/c1-15-25-14-20(29(15)2)18-4-3-17-13-26-21(12-19(17)27-18)28-23(31)16-5-6-24-22(11-16)30-7-9-32-10-8-30/h3-6,11-14H,7-10H2,1-2H3,(H,26,28,31)/i7D2,8D2,9D2,10D2. The molecular weight excluding hydrogens is 406 g/mol. The van der Waals surface area contributed by atoms with Crippen LogP contribution in [0.1, 0.15) is 27.1 Å². The summed E-state index contributed by atoms with van der Waals surface area (Å²) < 4.78 is 70.7. The fourth-order valence-electron chi connectivity index (χ4n) is 3.14. The van der Waals surface area contributed by atoms with E-state index in [-0.39, 0.29) is 16.3 Å². The molecule has 4 aromatic rings.